The van der Waals surface area contributed by atoms with Gasteiger partial charge in [0.2, 0.25) is 0 Å². The predicted octanol–water partition coefficient (Wildman–Crippen LogP) is 3.71. The Kier molecular flexibility index (Phi) is 4.08. The van der Waals surface area contributed by atoms with Crippen LogP contribution in [0.25, 0.3) is 10.6 Å². The van der Waals surface area contributed by atoms with E-state index in [4.69, 9.17) is 0 Å². The fraction of sp³-hybridized carbons (Fsp3) is 0.133. The van der Waals surface area contributed by atoms with Crippen LogP contribution in [0.2, 0.25) is 0 Å². The van der Waals surface area contributed by atoms with Crippen LogP contribution in [0.4, 0.5) is 8.78 Å². The lowest BCUT2D eigenvalue weighted by Gasteiger charge is -2.06. The summed E-state index contributed by atoms with van der Waals surface area (Å²) in [6, 6.07) is 7.60. The number of nitrogens with zero attached hydrogens (tertiary/aromatic N) is 1. The summed E-state index contributed by atoms with van der Waals surface area (Å²) in [5, 5.41) is 12.2. The number of hydrogen-bond acceptors (Lipinski definition) is 3. The standard InChI is InChI=1S/C15H13F2N3S/c16-12-4-3-10(13(17)6-12)7-18-8-11-9-19-20-15(11)14-2-1-5-21-14/h1-6,9,18H,7-8H2,(H,19,20). The smallest absolute Gasteiger partial charge is 0.130 e. The van der Waals surface area contributed by atoms with Gasteiger partial charge in [0, 0.05) is 30.3 Å². The zero-order valence-electron chi connectivity index (χ0n) is 11.1. The van der Waals surface area contributed by atoms with Crippen LogP contribution in [0.1, 0.15) is 11.1 Å². The Morgan fingerprint density at radius 1 is 1.14 bits per heavy atom. The van der Waals surface area contributed by atoms with E-state index in [9.17, 15) is 8.78 Å². The molecule has 6 heteroatoms. The normalized spacial score (nSPS) is 11.0. The van der Waals surface area contributed by atoms with Crippen LogP contribution in [0.15, 0.2) is 41.9 Å². The number of aromatic amines is 1. The second-order valence-corrected chi connectivity index (χ2v) is 5.53. The molecule has 0 saturated carbocycles. The highest BCUT2D eigenvalue weighted by Crippen LogP contribution is 2.25. The third-order valence-corrected chi connectivity index (χ3v) is 4.02. The van der Waals surface area contributed by atoms with Crippen molar-refractivity contribution in [3.8, 4) is 10.6 Å². The van der Waals surface area contributed by atoms with Gasteiger partial charge in [-0.25, -0.2) is 8.78 Å². The van der Waals surface area contributed by atoms with Crippen LogP contribution in [-0.2, 0) is 13.1 Å². The molecule has 0 aliphatic carbocycles. The fourth-order valence-corrected chi connectivity index (χ4v) is 2.83. The van der Waals surface area contributed by atoms with Gasteiger partial charge in [-0.3, -0.25) is 5.10 Å². The van der Waals surface area contributed by atoms with Crippen molar-refractivity contribution in [1.29, 1.82) is 0 Å². The minimum absolute atomic E-state index is 0.334. The summed E-state index contributed by atoms with van der Waals surface area (Å²) in [4.78, 5) is 1.11. The van der Waals surface area contributed by atoms with E-state index in [0.717, 1.165) is 22.2 Å². The number of H-pyrrole nitrogens is 1. The molecule has 0 aliphatic heterocycles. The number of rotatable bonds is 5. The molecule has 0 saturated heterocycles. The SMILES string of the molecule is Fc1ccc(CNCc2cn[nH]c2-c2cccs2)c(F)c1. The number of nitrogens with one attached hydrogen (secondary N) is 2. The second kappa shape index (κ2) is 6.15. The Morgan fingerprint density at radius 2 is 2.00 bits per heavy atom. The van der Waals surface area contributed by atoms with Crippen LogP contribution in [0.5, 0.6) is 0 Å². The highest BCUT2D eigenvalue weighted by atomic mass is 32.1. The summed E-state index contributed by atoms with van der Waals surface area (Å²) in [7, 11) is 0. The zero-order chi connectivity index (χ0) is 14.7. The minimum atomic E-state index is -0.564. The lowest BCUT2D eigenvalue weighted by Crippen LogP contribution is -2.14. The topological polar surface area (TPSA) is 40.7 Å². The Hall–Kier alpha value is -2.05. The molecule has 3 nitrogen and oxygen atoms in total. The molecule has 1 aromatic carbocycles. The van der Waals surface area contributed by atoms with E-state index in [0.29, 0.717) is 18.7 Å². The number of aromatic nitrogens is 2. The van der Waals surface area contributed by atoms with Gasteiger partial charge in [-0.1, -0.05) is 12.1 Å². The molecule has 0 atom stereocenters. The van der Waals surface area contributed by atoms with Crippen LogP contribution >= 0.6 is 11.3 Å². The van der Waals surface area contributed by atoms with E-state index >= 15 is 0 Å². The van der Waals surface area contributed by atoms with E-state index in [1.54, 1.807) is 17.5 Å². The Morgan fingerprint density at radius 3 is 2.76 bits per heavy atom. The summed E-state index contributed by atoms with van der Waals surface area (Å²) in [5.74, 6) is -1.10. The largest absolute Gasteiger partial charge is 0.308 e. The van der Waals surface area contributed by atoms with Gasteiger partial charge in [0.25, 0.3) is 0 Å². The molecule has 0 unspecified atom stereocenters. The molecular weight excluding hydrogens is 292 g/mol. The number of halogens is 2. The molecule has 0 radical (unpaired) electrons. The fourth-order valence-electron chi connectivity index (χ4n) is 2.08. The molecule has 0 spiro atoms. The monoisotopic (exact) mass is 305 g/mol. The maximum atomic E-state index is 13.5. The molecule has 3 aromatic rings. The zero-order valence-corrected chi connectivity index (χ0v) is 11.9. The number of hydrogen-bond donors (Lipinski definition) is 2. The quantitative estimate of drug-likeness (QED) is 0.754. The first-order valence-electron chi connectivity index (χ1n) is 6.45. The average Bonchev–Trinajstić information content (AvgIpc) is 3.11. The second-order valence-electron chi connectivity index (χ2n) is 4.59. The molecule has 0 fully saturated rings. The number of thiophene rings is 1. The van der Waals surface area contributed by atoms with Crippen molar-refractivity contribution in [3.63, 3.8) is 0 Å². The van der Waals surface area contributed by atoms with Gasteiger partial charge < -0.3 is 5.32 Å². The Bertz CT molecular complexity index is 722. The molecule has 108 valence electrons. The highest BCUT2D eigenvalue weighted by Gasteiger charge is 2.09. The molecular formula is C15H13F2N3S. The molecule has 2 heterocycles. The molecule has 3 rings (SSSR count). The summed E-state index contributed by atoms with van der Waals surface area (Å²) in [5.41, 5.74) is 2.43. The number of benzene rings is 1. The maximum absolute atomic E-state index is 13.5. The molecule has 0 bridgehead atoms. The molecule has 2 aromatic heterocycles. The van der Waals surface area contributed by atoms with E-state index in [2.05, 4.69) is 15.5 Å². The predicted molar refractivity (Wildman–Crippen MR) is 78.8 cm³/mol. The summed E-state index contributed by atoms with van der Waals surface area (Å²) in [6.07, 6.45) is 1.75. The van der Waals surface area contributed by atoms with E-state index in [1.807, 2.05) is 17.5 Å². The van der Waals surface area contributed by atoms with Gasteiger partial charge in [-0.2, -0.15) is 5.10 Å². The van der Waals surface area contributed by atoms with E-state index in [1.165, 1.54) is 12.1 Å². The van der Waals surface area contributed by atoms with Gasteiger partial charge in [-0.15, -0.1) is 11.3 Å². The van der Waals surface area contributed by atoms with Crippen molar-refractivity contribution in [2.24, 2.45) is 0 Å². The van der Waals surface area contributed by atoms with Gasteiger partial charge in [0.1, 0.15) is 11.6 Å². The highest BCUT2D eigenvalue weighted by molar-refractivity contribution is 7.13. The van der Waals surface area contributed by atoms with Crippen molar-refractivity contribution >= 4 is 11.3 Å². The Balaban J connectivity index is 1.65. The van der Waals surface area contributed by atoms with Crippen molar-refractivity contribution in [2.75, 3.05) is 0 Å². The third kappa shape index (κ3) is 3.17. The van der Waals surface area contributed by atoms with Gasteiger partial charge in [-0.05, 0) is 17.5 Å². The van der Waals surface area contributed by atoms with Gasteiger partial charge in [0.05, 0.1) is 16.8 Å². The molecule has 2 N–H and O–H groups in total. The van der Waals surface area contributed by atoms with E-state index < -0.39 is 11.6 Å². The van der Waals surface area contributed by atoms with Gasteiger partial charge in [0.15, 0.2) is 0 Å². The summed E-state index contributed by atoms with van der Waals surface area (Å²) < 4.78 is 26.4. The first kappa shape index (κ1) is 13.9. The third-order valence-electron chi connectivity index (χ3n) is 3.13. The Labute approximate surface area is 124 Å². The lowest BCUT2D eigenvalue weighted by molar-refractivity contribution is 0.560. The van der Waals surface area contributed by atoms with Crippen molar-refractivity contribution in [2.45, 2.75) is 13.1 Å². The molecule has 21 heavy (non-hydrogen) atoms. The summed E-state index contributed by atoms with van der Waals surface area (Å²) >= 11 is 1.63. The van der Waals surface area contributed by atoms with Crippen LogP contribution in [0.3, 0.4) is 0 Å². The van der Waals surface area contributed by atoms with Crippen molar-refractivity contribution in [1.82, 2.24) is 15.5 Å². The van der Waals surface area contributed by atoms with Crippen molar-refractivity contribution < 1.29 is 8.78 Å². The summed E-state index contributed by atoms with van der Waals surface area (Å²) in [6.45, 7) is 0.891. The molecule has 0 aliphatic rings. The van der Waals surface area contributed by atoms with Gasteiger partial charge >= 0.3 is 0 Å². The van der Waals surface area contributed by atoms with Crippen LogP contribution < -0.4 is 5.32 Å². The van der Waals surface area contributed by atoms with E-state index in [-0.39, 0.29) is 0 Å². The van der Waals surface area contributed by atoms with Crippen LogP contribution in [0, 0.1) is 11.6 Å². The first-order chi connectivity index (χ1) is 10.2. The maximum Gasteiger partial charge on any atom is 0.130 e. The first-order valence-corrected chi connectivity index (χ1v) is 7.33. The van der Waals surface area contributed by atoms with Crippen molar-refractivity contribution in [3.05, 3.63) is 64.7 Å². The van der Waals surface area contributed by atoms with Crippen LogP contribution in [-0.4, -0.2) is 10.2 Å². The lowest BCUT2D eigenvalue weighted by atomic mass is 10.2. The molecule has 0 amide bonds. The minimum Gasteiger partial charge on any atom is -0.308 e. The average molecular weight is 305 g/mol.